The van der Waals surface area contributed by atoms with Gasteiger partial charge in [-0.2, -0.15) is 0 Å². The molecule has 0 radical (unpaired) electrons. The number of aryl methyl sites for hydroxylation is 1. The second-order valence-electron chi connectivity index (χ2n) is 5.85. The topological polar surface area (TPSA) is 54.9 Å². The van der Waals surface area contributed by atoms with Crippen molar-refractivity contribution in [2.45, 2.75) is 6.92 Å². The van der Waals surface area contributed by atoms with Crippen molar-refractivity contribution in [3.05, 3.63) is 76.4 Å². The number of hydrogen-bond acceptors (Lipinski definition) is 4. The molecule has 4 rings (SSSR count). The van der Waals surface area contributed by atoms with E-state index in [2.05, 4.69) is 34.3 Å². The number of halogens is 1. The van der Waals surface area contributed by atoms with Crippen LogP contribution in [0, 0.1) is 6.92 Å². The van der Waals surface area contributed by atoms with Crippen molar-refractivity contribution in [3.63, 3.8) is 0 Å². The van der Waals surface area contributed by atoms with E-state index in [9.17, 15) is 4.79 Å². The molecular formula is C20H14ClN3OS. The van der Waals surface area contributed by atoms with Gasteiger partial charge in [0.25, 0.3) is 5.91 Å². The zero-order valence-corrected chi connectivity index (χ0v) is 15.4. The van der Waals surface area contributed by atoms with Gasteiger partial charge in [-0.25, -0.2) is 9.97 Å². The fourth-order valence-corrected chi connectivity index (χ4v) is 3.75. The van der Waals surface area contributed by atoms with Crippen LogP contribution >= 0.6 is 22.9 Å². The van der Waals surface area contributed by atoms with Gasteiger partial charge in [0.2, 0.25) is 0 Å². The molecule has 0 aliphatic rings. The van der Waals surface area contributed by atoms with Crippen LogP contribution in [0.3, 0.4) is 0 Å². The monoisotopic (exact) mass is 379 g/mol. The number of pyridine rings is 1. The molecule has 1 amide bonds. The van der Waals surface area contributed by atoms with Crippen LogP contribution in [0.4, 0.5) is 5.82 Å². The molecule has 0 aliphatic carbocycles. The van der Waals surface area contributed by atoms with Gasteiger partial charge in [0, 0.05) is 11.8 Å². The van der Waals surface area contributed by atoms with E-state index in [1.165, 1.54) is 4.70 Å². The van der Waals surface area contributed by atoms with Crippen molar-refractivity contribution < 1.29 is 4.79 Å². The van der Waals surface area contributed by atoms with Crippen molar-refractivity contribution in [3.8, 4) is 11.1 Å². The lowest BCUT2D eigenvalue weighted by Crippen LogP contribution is -2.13. The molecule has 4 nitrogen and oxygen atoms in total. The Morgan fingerprint density at radius 3 is 2.73 bits per heavy atom. The Hall–Kier alpha value is -2.76. The second kappa shape index (κ2) is 6.86. The number of hydrogen-bond donors (Lipinski definition) is 1. The Kier molecular flexibility index (Phi) is 4.41. The quantitative estimate of drug-likeness (QED) is 0.506. The highest BCUT2D eigenvalue weighted by molar-refractivity contribution is 7.16. The summed E-state index contributed by atoms with van der Waals surface area (Å²) in [5.41, 5.74) is 6.47. The standard InChI is InChI=1S/C20H14ClN3OS/c1-12-8-18-17(23-11-26-18)9-15(12)13-6-7-19(22-10-13)24-20(25)14-4-2-3-5-16(14)21/h2-11H,1H3,(H,22,24,25). The number of carbonyl (C=O) groups excluding carboxylic acids is 1. The summed E-state index contributed by atoms with van der Waals surface area (Å²) in [5, 5.41) is 3.18. The molecule has 0 saturated heterocycles. The molecule has 0 aliphatic heterocycles. The van der Waals surface area contributed by atoms with Gasteiger partial charge < -0.3 is 5.32 Å². The molecule has 6 heteroatoms. The number of aromatic nitrogens is 2. The Morgan fingerprint density at radius 2 is 1.96 bits per heavy atom. The highest BCUT2D eigenvalue weighted by Gasteiger charge is 2.11. The first-order valence-corrected chi connectivity index (χ1v) is 9.24. The molecule has 4 aromatic rings. The number of nitrogens with one attached hydrogen (secondary N) is 1. The minimum Gasteiger partial charge on any atom is -0.307 e. The summed E-state index contributed by atoms with van der Waals surface area (Å²) >= 11 is 7.69. The maximum atomic E-state index is 12.3. The minimum absolute atomic E-state index is 0.282. The summed E-state index contributed by atoms with van der Waals surface area (Å²) in [7, 11) is 0. The average Bonchev–Trinajstić information content (AvgIpc) is 3.09. The molecule has 2 heterocycles. The molecule has 0 spiro atoms. The van der Waals surface area contributed by atoms with E-state index in [4.69, 9.17) is 11.6 Å². The number of carbonyl (C=O) groups is 1. The summed E-state index contributed by atoms with van der Waals surface area (Å²) < 4.78 is 1.17. The van der Waals surface area contributed by atoms with E-state index in [1.807, 2.05) is 11.6 Å². The molecule has 0 fully saturated rings. The third kappa shape index (κ3) is 3.19. The molecule has 26 heavy (non-hydrogen) atoms. The maximum absolute atomic E-state index is 12.3. The van der Waals surface area contributed by atoms with E-state index in [-0.39, 0.29) is 5.91 Å². The summed E-state index contributed by atoms with van der Waals surface area (Å²) in [4.78, 5) is 21.1. The predicted octanol–water partition coefficient (Wildman–Crippen LogP) is 5.57. The Morgan fingerprint density at radius 1 is 1.12 bits per heavy atom. The average molecular weight is 380 g/mol. The number of benzene rings is 2. The molecule has 0 unspecified atom stereocenters. The fraction of sp³-hybridized carbons (Fsp3) is 0.0500. The lowest BCUT2D eigenvalue weighted by molar-refractivity contribution is 0.102. The summed E-state index contributed by atoms with van der Waals surface area (Å²) in [5.74, 6) is 0.196. The molecule has 2 aromatic heterocycles. The number of nitrogens with zero attached hydrogens (tertiary/aromatic N) is 2. The van der Waals surface area contributed by atoms with Gasteiger partial charge in [0.15, 0.2) is 0 Å². The van der Waals surface area contributed by atoms with Crippen LogP contribution in [0.1, 0.15) is 15.9 Å². The van der Waals surface area contributed by atoms with Crippen molar-refractivity contribution in [2.24, 2.45) is 0 Å². The van der Waals surface area contributed by atoms with Gasteiger partial charge in [-0.3, -0.25) is 4.79 Å². The van der Waals surface area contributed by atoms with Crippen LogP contribution < -0.4 is 5.32 Å². The van der Waals surface area contributed by atoms with Crippen LogP contribution in [0.5, 0.6) is 0 Å². The maximum Gasteiger partial charge on any atom is 0.258 e. The Labute approximate surface area is 159 Å². The van der Waals surface area contributed by atoms with Gasteiger partial charge in [-0.1, -0.05) is 23.7 Å². The first-order valence-electron chi connectivity index (χ1n) is 7.98. The number of amides is 1. The second-order valence-corrected chi connectivity index (χ2v) is 7.15. The smallest absolute Gasteiger partial charge is 0.258 e. The molecule has 0 atom stereocenters. The van der Waals surface area contributed by atoms with Crippen LogP contribution in [0.25, 0.3) is 21.3 Å². The van der Waals surface area contributed by atoms with E-state index in [0.717, 1.165) is 22.2 Å². The van der Waals surface area contributed by atoms with E-state index in [0.29, 0.717) is 16.4 Å². The zero-order valence-electron chi connectivity index (χ0n) is 13.9. The van der Waals surface area contributed by atoms with Crippen LogP contribution in [0.15, 0.2) is 60.2 Å². The van der Waals surface area contributed by atoms with Crippen molar-refractivity contribution in [2.75, 3.05) is 5.32 Å². The molecule has 0 bridgehead atoms. The van der Waals surface area contributed by atoms with Gasteiger partial charge >= 0.3 is 0 Å². The van der Waals surface area contributed by atoms with Gasteiger partial charge in [0.05, 0.1) is 26.3 Å². The number of fused-ring (bicyclic) bond motifs is 1. The van der Waals surface area contributed by atoms with Crippen molar-refractivity contribution in [1.29, 1.82) is 0 Å². The Bertz CT molecular complexity index is 1110. The fourth-order valence-electron chi connectivity index (χ4n) is 2.77. The Balaban J connectivity index is 1.59. The van der Waals surface area contributed by atoms with Gasteiger partial charge in [0.1, 0.15) is 5.82 Å². The normalized spacial score (nSPS) is 10.8. The SMILES string of the molecule is Cc1cc2scnc2cc1-c1ccc(NC(=O)c2ccccc2Cl)nc1. The zero-order chi connectivity index (χ0) is 18.1. The van der Waals surface area contributed by atoms with Crippen molar-refractivity contribution >= 4 is 44.9 Å². The van der Waals surface area contributed by atoms with Gasteiger partial charge in [-0.05, 0) is 54.4 Å². The van der Waals surface area contributed by atoms with Crippen LogP contribution in [0.2, 0.25) is 5.02 Å². The minimum atomic E-state index is -0.282. The van der Waals surface area contributed by atoms with E-state index in [1.54, 1.807) is 47.9 Å². The molecule has 1 N–H and O–H groups in total. The molecule has 0 saturated carbocycles. The van der Waals surface area contributed by atoms with E-state index >= 15 is 0 Å². The highest BCUT2D eigenvalue weighted by atomic mass is 35.5. The van der Waals surface area contributed by atoms with Crippen LogP contribution in [-0.2, 0) is 0 Å². The highest BCUT2D eigenvalue weighted by Crippen LogP contribution is 2.29. The summed E-state index contributed by atoms with van der Waals surface area (Å²) in [6.07, 6.45) is 1.75. The largest absolute Gasteiger partial charge is 0.307 e. The first-order chi connectivity index (χ1) is 12.6. The third-order valence-electron chi connectivity index (χ3n) is 4.11. The first kappa shape index (κ1) is 16.7. The number of rotatable bonds is 3. The summed E-state index contributed by atoms with van der Waals surface area (Å²) in [6, 6.07) is 14.9. The lowest BCUT2D eigenvalue weighted by Gasteiger charge is -2.09. The van der Waals surface area contributed by atoms with Crippen molar-refractivity contribution in [1.82, 2.24) is 9.97 Å². The lowest BCUT2D eigenvalue weighted by atomic mass is 10.0. The van der Waals surface area contributed by atoms with E-state index < -0.39 is 0 Å². The molecule has 128 valence electrons. The van der Waals surface area contributed by atoms with Gasteiger partial charge in [-0.15, -0.1) is 11.3 Å². The number of anilines is 1. The number of thiazole rings is 1. The molecule has 2 aromatic carbocycles. The van der Waals surface area contributed by atoms with Crippen LogP contribution in [-0.4, -0.2) is 15.9 Å². The molecular weight excluding hydrogens is 366 g/mol. The predicted molar refractivity (Wildman–Crippen MR) is 107 cm³/mol. The third-order valence-corrected chi connectivity index (χ3v) is 5.23. The summed E-state index contributed by atoms with van der Waals surface area (Å²) in [6.45, 7) is 2.07.